The number of hydrogen-bond donors (Lipinski definition) is 1. The molecule has 0 radical (unpaired) electrons. The Bertz CT molecular complexity index is 2000. The first-order valence-electron chi connectivity index (χ1n) is 15.9. The zero-order chi connectivity index (χ0) is 35.4. The van der Waals surface area contributed by atoms with Crippen LogP contribution in [-0.4, -0.2) is 90.1 Å². The Kier molecular flexibility index (Phi) is 9.23. The number of amides is 1. The summed E-state index contributed by atoms with van der Waals surface area (Å²) in [6, 6.07) is 5.94. The van der Waals surface area contributed by atoms with E-state index in [1.54, 1.807) is 39.8 Å². The van der Waals surface area contributed by atoms with Gasteiger partial charge >= 0.3 is 12.1 Å². The second-order valence-corrected chi connectivity index (χ2v) is 15.2. The molecule has 15 heteroatoms. The van der Waals surface area contributed by atoms with Crippen molar-refractivity contribution in [3.05, 3.63) is 40.4 Å². The first-order chi connectivity index (χ1) is 23.1. The van der Waals surface area contributed by atoms with Gasteiger partial charge in [-0.05, 0) is 57.9 Å². The van der Waals surface area contributed by atoms with Crippen molar-refractivity contribution in [1.29, 1.82) is 5.26 Å². The number of rotatable bonds is 8. The monoisotopic (exact) mass is 715 g/mol. The van der Waals surface area contributed by atoms with Gasteiger partial charge in [-0.2, -0.15) is 15.2 Å². The van der Waals surface area contributed by atoms with E-state index in [2.05, 4.69) is 14.9 Å². The number of aromatic nitrogens is 2. The van der Waals surface area contributed by atoms with Crippen molar-refractivity contribution in [3.8, 4) is 23.2 Å². The van der Waals surface area contributed by atoms with Gasteiger partial charge in [0.05, 0.1) is 20.8 Å². The Balaban J connectivity index is 1.44. The van der Waals surface area contributed by atoms with Crippen molar-refractivity contribution >= 4 is 60.8 Å². The van der Waals surface area contributed by atoms with Gasteiger partial charge < -0.3 is 25.0 Å². The maximum Gasteiger partial charge on any atom is 0.410 e. The number of alkyl halides is 1. The third-order valence-electron chi connectivity index (χ3n) is 9.11. The minimum Gasteiger partial charge on any atom is -0.461 e. The van der Waals surface area contributed by atoms with Gasteiger partial charge in [0.15, 0.2) is 5.82 Å². The zero-order valence-corrected chi connectivity index (χ0v) is 29.4. The van der Waals surface area contributed by atoms with Crippen molar-refractivity contribution < 1.29 is 27.4 Å². The standard InChI is InChI=1S/C34H37ClF3N7O3S/c1-33(2,3)48-32(46)44(5)12-11-43(4)30-20-13-22(35)25(19-7-8-23(37)28-24(19)21(15-39)29(40)49-28)26(38)27(20)41-31(42-30)47-17-34-9-6-10-45(34)16-18(36)14-34/h7-8,13,18H,6,9-12,14,16-17,40H2,1-5H3/t18-,34+/m1/s1. The van der Waals surface area contributed by atoms with Crippen LogP contribution in [0.4, 0.5) is 28.8 Å². The number of carbonyl (C=O) groups excluding carboxylic acids is 1. The predicted molar refractivity (Wildman–Crippen MR) is 185 cm³/mol. The highest BCUT2D eigenvalue weighted by molar-refractivity contribution is 7.23. The summed E-state index contributed by atoms with van der Waals surface area (Å²) in [5.41, 5.74) is 4.86. The van der Waals surface area contributed by atoms with Gasteiger partial charge in [-0.1, -0.05) is 17.7 Å². The molecule has 260 valence electrons. The third-order valence-corrected chi connectivity index (χ3v) is 10.4. The van der Waals surface area contributed by atoms with Crippen LogP contribution in [0.15, 0.2) is 18.2 Å². The summed E-state index contributed by atoms with van der Waals surface area (Å²) in [6.07, 6.45) is 0.516. The van der Waals surface area contributed by atoms with Gasteiger partial charge in [-0.25, -0.2) is 18.0 Å². The molecule has 6 rings (SSSR count). The van der Waals surface area contributed by atoms with Crippen molar-refractivity contribution in [2.24, 2.45) is 0 Å². The summed E-state index contributed by atoms with van der Waals surface area (Å²) in [5.74, 6) is -1.15. The average molecular weight is 716 g/mol. The van der Waals surface area contributed by atoms with E-state index in [0.29, 0.717) is 13.0 Å². The fraction of sp³-hybridized carbons (Fsp3) is 0.471. The highest BCUT2D eigenvalue weighted by Crippen LogP contribution is 2.46. The number of likely N-dealkylation sites (N-methyl/N-ethyl adjacent to an activating group) is 2. The van der Waals surface area contributed by atoms with Crippen LogP contribution < -0.4 is 15.4 Å². The van der Waals surface area contributed by atoms with Crippen LogP contribution in [0.5, 0.6) is 6.01 Å². The molecule has 2 atom stereocenters. The van der Waals surface area contributed by atoms with Crippen LogP contribution in [0, 0.1) is 23.0 Å². The van der Waals surface area contributed by atoms with Crippen molar-refractivity contribution in [2.45, 2.75) is 57.3 Å². The molecule has 0 unspecified atom stereocenters. The quantitative estimate of drug-likeness (QED) is 0.203. The maximum absolute atomic E-state index is 16.9. The Morgan fingerprint density at radius 3 is 2.73 bits per heavy atom. The number of ether oxygens (including phenoxy) is 2. The molecule has 10 nitrogen and oxygen atoms in total. The molecule has 1 amide bonds. The number of benzene rings is 2. The van der Waals surface area contributed by atoms with Gasteiger partial charge in [0, 0.05) is 56.5 Å². The fourth-order valence-electron chi connectivity index (χ4n) is 6.76. The molecule has 2 aliphatic heterocycles. The number of hydrogen-bond acceptors (Lipinski definition) is 10. The van der Waals surface area contributed by atoms with Gasteiger partial charge in [-0.15, -0.1) is 11.3 Å². The van der Waals surface area contributed by atoms with E-state index in [1.165, 1.54) is 23.1 Å². The van der Waals surface area contributed by atoms with Crippen LogP contribution in [-0.2, 0) is 4.74 Å². The molecule has 2 aromatic heterocycles. The van der Waals surface area contributed by atoms with Gasteiger partial charge in [0.2, 0.25) is 0 Å². The van der Waals surface area contributed by atoms with Crippen LogP contribution >= 0.6 is 22.9 Å². The Labute approximate surface area is 291 Å². The van der Waals surface area contributed by atoms with Crippen molar-refractivity contribution in [1.82, 2.24) is 19.8 Å². The van der Waals surface area contributed by atoms with Gasteiger partial charge in [0.25, 0.3) is 0 Å². The normalized spacial score (nSPS) is 19.3. The molecule has 0 aliphatic carbocycles. The SMILES string of the molecule is CN(CCN(C)c1nc(OC[C@@]23CCCN2C[C@H](F)C3)nc2c(F)c(-c3ccc(F)c4sc(N)c(C#N)c34)c(Cl)cc12)C(=O)OC(C)(C)C. The third kappa shape index (κ3) is 6.51. The molecular weight excluding hydrogens is 679 g/mol. The van der Waals surface area contributed by atoms with E-state index in [0.717, 1.165) is 30.7 Å². The summed E-state index contributed by atoms with van der Waals surface area (Å²) in [6.45, 7) is 7.06. The molecular formula is C34H37ClF3N7O3S. The lowest BCUT2D eigenvalue weighted by Crippen LogP contribution is -2.43. The van der Waals surface area contributed by atoms with E-state index < -0.39 is 35.0 Å². The molecule has 4 heterocycles. The van der Waals surface area contributed by atoms with Crippen molar-refractivity contribution in [2.75, 3.05) is 57.5 Å². The number of nitriles is 1. The molecule has 49 heavy (non-hydrogen) atoms. The average Bonchev–Trinajstić information content (AvgIpc) is 3.68. The van der Waals surface area contributed by atoms with Crippen LogP contribution in [0.2, 0.25) is 5.02 Å². The largest absolute Gasteiger partial charge is 0.461 e. The van der Waals surface area contributed by atoms with E-state index in [4.69, 9.17) is 26.8 Å². The summed E-state index contributed by atoms with van der Waals surface area (Å²) < 4.78 is 58.0. The Morgan fingerprint density at radius 1 is 1.27 bits per heavy atom. The molecule has 2 saturated heterocycles. The smallest absolute Gasteiger partial charge is 0.410 e. The molecule has 2 fully saturated rings. The first kappa shape index (κ1) is 34.8. The molecule has 2 N–H and O–H groups in total. The summed E-state index contributed by atoms with van der Waals surface area (Å²) in [7, 11) is 3.34. The Hall–Kier alpha value is -4.06. The highest BCUT2D eigenvalue weighted by atomic mass is 35.5. The number of nitrogen functional groups attached to an aromatic ring is 1. The summed E-state index contributed by atoms with van der Waals surface area (Å²) >= 11 is 7.69. The number of thiophene rings is 1. The number of carbonyl (C=O) groups is 1. The number of nitrogens with two attached hydrogens (primary N) is 1. The number of halogens is 4. The fourth-order valence-corrected chi connectivity index (χ4v) is 8.00. The minimum atomic E-state index is -0.968. The van der Waals surface area contributed by atoms with E-state index in [-0.39, 0.29) is 79.2 Å². The molecule has 0 saturated carbocycles. The van der Waals surface area contributed by atoms with Crippen molar-refractivity contribution in [3.63, 3.8) is 0 Å². The molecule has 0 bridgehead atoms. The first-order valence-corrected chi connectivity index (χ1v) is 17.1. The Morgan fingerprint density at radius 2 is 2.02 bits per heavy atom. The minimum absolute atomic E-state index is 0.0226. The predicted octanol–water partition coefficient (Wildman–Crippen LogP) is 7.16. The second-order valence-electron chi connectivity index (χ2n) is 13.7. The zero-order valence-electron chi connectivity index (χ0n) is 27.9. The second kappa shape index (κ2) is 13.0. The van der Waals surface area contributed by atoms with E-state index in [1.807, 2.05) is 6.07 Å². The maximum atomic E-state index is 16.9. The number of nitrogens with zero attached hydrogens (tertiary/aromatic N) is 6. The lowest BCUT2D eigenvalue weighted by Gasteiger charge is -2.31. The van der Waals surface area contributed by atoms with Crippen LogP contribution in [0.25, 0.3) is 32.1 Å². The topological polar surface area (TPSA) is 121 Å². The van der Waals surface area contributed by atoms with Gasteiger partial charge in [-0.3, -0.25) is 4.90 Å². The summed E-state index contributed by atoms with van der Waals surface area (Å²) in [4.78, 5) is 27.0. The lowest BCUT2D eigenvalue weighted by molar-refractivity contribution is 0.0303. The molecule has 4 aromatic rings. The molecule has 2 aromatic carbocycles. The molecule has 2 aliphatic rings. The van der Waals surface area contributed by atoms with Crippen LogP contribution in [0.1, 0.15) is 45.6 Å². The highest BCUT2D eigenvalue weighted by Gasteiger charge is 2.49. The number of anilines is 2. The summed E-state index contributed by atoms with van der Waals surface area (Å²) in [5, 5.41) is 10.3. The number of fused-ring (bicyclic) bond motifs is 3. The lowest BCUT2D eigenvalue weighted by atomic mass is 9.95. The van der Waals surface area contributed by atoms with Crippen LogP contribution in [0.3, 0.4) is 0 Å². The van der Waals surface area contributed by atoms with Gasteiger partial charge in [0.1, 0.15) is 46.6 Å². The van der Waals surface area contributed by atoms with E-state index >= 15 is 4.39 Å². The molecule has 0 spiro atoms. The van der Waals surface area contributed by atoms with E-state index in [9.17, 15) is 18.8 Å².